The summed E-state index contributed by atoms with van der Waals surface area (Å²) in [7, 11) is -15.7. The van der Waals surface area contributed by atoms with E-state index in [4.69, 9.17) is 38.6 Å². The van der Waals surface area contributed by atoms with Gasteiger partial charge in [0, 0.05) is 0 Å². The summed E-state index contributed by atoms with van der Waals surface area (Å²) in [5.74, 6) is -2.31. The van der Waals surface area contributed by atoms with Crippen LogP contribution in [0.5, 0.6) is 0 Å². The van der Waals surface area contributed by atoms with E-state index in [1.54, 1.807) is 0 Å². The molecule has 21 heteroatoms. The van der Waals surface area contributed by atoms with Crippen LogP contribution in [0.25, 0.3) is 0 Å². The summed E-state index contributed by atoms with van der Waals surface area (Å²) >= 11 is 0. The SMILES string of the molecule is O=S(=O)(O)CCO.O=S(=O)(O)CCO.O=S(=O)(O)CCO.O=S(=O)(O)CCO.[NaH]. The molecule has 0 aromatic carbocycles. The quantitative estimate of drug-likeness (QED) is 0.108. The van der Waals surface area contributed by atoms with E-state index in [1.165, 1.54) is 0 Å². The number of hydrogen-bond acceptors (Lipinski definition) is 12. The molecule has 0 spiro atoms. The average Bonchev–Trinajstić information content (AvgIpc) is 2.34. The molecule has 0 radical (unpaired) electrons. The van der Waals surface area contributed by atoms with E-state index in [9.17, 15) is 33.7 Å². The Morgan fingerprint density at radius 1 is 0.379 bits per heavy atom. The van der Waals surface area contributed by atoms with Gasteiger partial charge in [-0.05, 0) is 0 Å². The van der Waals surface area contributed by atoms with Gasteiger partial charge in [0.05, 0.1) is 49.4 Å². The third-order valence-corrected chi connectivity index (χ3v) is 4.19. The van der Waals surface area contributed by atoms with Crippen LogP contribution in [0.3, 0.4) is 0 Å². The van der Waals surface area contributed by atoms with Crippen molar-refractivity contribution < 1.29 is 72.3 Å². The van der Waals surface area contributed by atoms with Crippen LogP contribution in [-0.2, 0) is 40.5 Å². The Kier molecular flexibility index (Phi) is 28.0. The van der Waals surface area contributed by atoms with Gasteiger partial charge in [-0.3, -0.25) is 18.2 Å². The Hall–Kier alpha value is 0.480. The van der Waals surface area contributed by atoms with E-state index >= 15 is 0 Å². The Bertz CT molecular complexity index is 633. The van der Waals surface area contributed by atoms with Crippen molar-refractivity contribution in [2.45, 2.75) is 0 Å². The molecule has 0 atom stereocenters. The van der Waals surface area contributed by atoms with E-state index in [1.807, 2.05) is 0 Å². The van der Waals surface area contributed by atoms with Gasteiger partial charge in [-0.15, -0.1) is 0 Å². The summed E-state index contributed by atoms with van der Waals surface area (Å²) in [6.07, 6.45) is 0. The summed E-state index contributed by atoms with van der Waals surface area (Å²) in [5, 5.41) is 31.5. The fraction of sp³-hybridized carbons (Fsp3) is 1.00. The Labute approximate surface area is 190 Å². The van der Waals surface area contributed by atoms with Crippen LogP contribution in [0.1, 0.15) is 0 Å². The Morgan fingerprint density at radius 2 is 0.483 bits per heavy atom. The summed E-state index contributed by atoms with van der Waals surface area (Å²) in [4.78, 5) is 0. The topological polar surface area (TPSA) is 298 Å². The van der Waals surface area contributed by atoms with Crippen molar-refractivity contribution in [3.63, 3.8) is 0 Å². The first-order valence-electron chi connectivity index (χ1n) is 6.48. The number of hydrogen-bond donors (Lipinski definition) is 8. The summed E-state index contributed by atoms with van der Waals surface area (Å²) in [5.41, 5.74) is 0. The molecule has 0 heterocycles. The van der Waals surface area contributed by atoms with E-state index in [2.05, 4.69) is 0 Å². The first-order chi connectivity index (χ1) is 12.2. The summed E-state index contributed by atoms with van der Waals surface area (Å²) < 4.78 is 108. The van der Waals surface area contributed by atoms with Gasteiger partial charge >= 0.3 is 29.6 Å². The molecule has 0 rings (SSSR count). The summed E-state index contributed by atoms with van der Waals surface area (Å²) in [6.45, 7) is -2.12. The fourth-order valence-electron chi connectivity index (χ4n) is 0.461. The molecule has 16 nitrogen and oxygen atoms in total. The van der Waals surface area contributed by atoms with Crippen molar-refractivity contribution in [3.05, 3.63) is 0 Å². The standard InChI is InChI=1S/4C2H6O4S.Na.H/c4*3-1-2-7(4,5)6;;/h4*3H,1-2H2,(H,4,5,6);;. The molecule has 29 heavy (non-hydrogen) atoms. The van der Waals surface area contributed by atoms with Crippen molar-refractivity contribution in [3.8, 4) is 0 Å². The van der Waals surface area contributed by atoms with Gasteiger partial charge in [0.15, 0.2) is 0 Å². The van der Waals surface area contributed by atoms with Crippen molar-refractivity contribution in [2.24, 2.45) is 0 Å². The van der Waals surface area contributed by atoms with Gasteiger partial charge in [0.1, 0.15) is 0 Å². The third-order valence-electron chi connectivity index (χ3n) is 1.40. The van der Waals surface area contributed by atoms with Crippen LogP contribution in [0.4, 0.5) is 0 Å². The van der Waals surface area contributed by atoms with Gasteiger partial charge in [0.25, 0.3) is 40.5 Å². The maximum atomic E-state index is 9.63. The zero-order valence-electron chi connectivity index (χ0n) is 14.1. The number of aliphatic hydroxyl groups excluding tert-OH is 4. The second-order valence-corrected chi connectivity index (χ2v) is 10.3. The van der Waals surface area contributed by atoms with E-state index in [0.29, 0.717) is 0 Å². The van der Waals surface area contributed by atoms with E-state index < -0.39 is 89.9 Å². The number of aliphatic hydroxyl groups is 4. The van der Waals surface area contributed by atoms with Gasteiger partial charge in [0.2, 0.25) is 0 Å². The molecule has 0 bridgehead atoms. The molecule has 0 saturated carbocycles. The van der Waals surface area contributed by atoms with Crippen LogP contribution in [0.15, 0.2) is 0 Å². The minimum atomic E-state index is -3.92. The molecule has 0 aliphatic rings. The molecule has 0 amide bonds. The molecule has 0 saturated heterocycles. The van der Waals surface area contributed by atoms with Crippen molar-refractivity contribution in [1.29, 1.82) is 0 Å². The molecular weight excluding hydrogens is 503 g/mol. The van der Waals surface area contributed by atoms with E-state index in [0.717, 1.165) is 0 Å². The van der Waals surface area contributed by atoms with Gasteiger partial charge in [-0.2, -0.15) is 33.7 Å². The summed E-state index contributed by atoms with van der Waals surface area (Å²) in [6, 6.07) is 0. The predicted octanol–water partition coefficient (Wildman–Crippen LogP) is -5.18. The van der Waals surface area contributed by atoms with Crippen molar-refractivity contribution in [2.75, 3.05) is 49.4 Å². The first-order valence-corrected chi connectivity index (χ1v) is 12.9. The molecule has 178 valence electrons. The van der Waals surface area contributed by atoms with Crippen LogP contribution in [0, 0.1) is 0 Å². The Balaban J connectivity index is -0.0000000873. The van der Waals surface area contributed by atoms with Gasteiger partial charge in [-0.1, -0.05) is 0 Å². The molecule has 0 fully saturated rings. The minimum absolute atomic E-state index is 0. The normalized spacial score (nSPS) is 11.3. The van der Waals surface area contributed by atoms with Crippen molar-refractivity contribution in [1.82, 2.24) is 0 Å². The molecule has 8 N–H and O–H groups in total. The second-order valence-electron chi connectivity index (χ2n) is 4.04. The fourth-order valence-corrected chi connectivity index (χ4v) is 1.38. The monoisotopic (exact) mass is 528 g/mol. The van der Waals surface area contributed by atoms with E-state index in [-0.39, 0.29) is 29.6 Å². The first kappa shape index (κ1) is 39.9. The molecule has 0 unspecified atom stereocenters. The molecule has 0 aromatic rings. The molecule has 0 aromatic heterocycles. The van der Waals surface area contributed by atoms with Gasteiger partial charge in [-0.25, -0.2) is 0 Å². The molecular formula is C8H25NaO16S4. The third kappa shape index (κ3) is 73.5. The zero-order chi connectivity index (χ0) is 23.7. The van der Waals surface area contributed by atoms with Crippen molar-refractivity contribution >= 4 is 70.0 Å². The van der Waals surface area contributed by atoms with Crippen LogP contribution in [0.2, 0.25) is 0 Å². The molecule has 0 aliphatic carbocycles. The number of rotatable bonds is 8. The van der Waals surface area contributed by atoms with Gasteiger partial charge < -0.3 is 20.4 Å². The molecule has 0 aliphatic heterocycles. The Morgan fingerprint density at radius 3 is 0.483 bits per heavy atom. The van der Waals surface area contributed by atoms with Crippen LogP contribution >= 0.6 is 0 Å². The zero-order valence-corrected chi connectivity index (χ0v) is 17.4. The maximum absolute atomic E-state index is 9.63. The van der Waals surface area contributed by atoms with Crippen LogP contribution < -0.4 is 0 Å². The average molecular weight is 529 g/mol. The van der Waals surface area contributed by atoms with Crippen LogP contribution in [-0.4, -0.2) is 151 Å². The predicted molar refractivity (Wildman–Crippen MR) is 101 cm³/mol. The second kappa shape index (κ2) is 20.4.